The highest BCUT2D eigenvalue weighted by molar-refractivity contribution is 8.18. The molecular formula is C7H16O7P2S. The van der Waals surface area contributed by atoms with E-state index < -0.39 is 36.9 Å². The van der Waals surface area contributed by atoms with Gasteiger partial charge in [-0.25, -0.2) is 0 Å². The van der Waals surface area contributed by atoms with Crippen molar-refractivity contribution in [2.75, 3.05) is 6.16 Å². The Hall–Kier alpha value is 0.320. The minimum Gasteiger partial charge on any atom is -0.324 e. The molecule has 0 rings (SSSR count). The van der Waals surface area contributed by atoms with Gasteiger partial charge < -0.3 is 19.6 Å². The van der Waals surface area contributed by atoms with Crippen molar-refractivity contribution in [3.63, 3.8) is 0 Å². The average molecular weight is 306 g/mol. The first-order valence-corrected chi connectivity index (χ1v) is 8.90. The Kier molecular flexibility index (Phi) is 5.63. The molecule has 0 radical (unpaired) electrons. The Morgan fingerprint density at radius 2 is 1.59 bits per heavy atom. The predicted molar refractivity (Wildman–Crippen MR) is 64.8 cm³/mol. The van der Waals surface area contributed by atoms with Crippen LogP contribution in [-0.4, -0.2) is 35.8 Å². The Morgan fingerprint density at radius 3 is 1.82 bits per heavy atom. The topological polar surface area (TPSA) is 132 Å². The summed E-state index contributed by atoms with van der Waals surface area (Å²) in [5, 5.41) is -0.528. The SMILES string of the molecule is CC(C)(C)C(=O)SC(CP(=O)(O)O)P(=O)(O)O. The van der Waals surface area contributed by atoms with E-state index >= 15 is 0 Å². The van der Waals surface area contributed by atoms with Gasteiger partial charge in [0.05, 0.1) is 6.16 Å². The van der Waals surface area contributed by atoms with Crippen molar-refractivity contribution < 1.29 is 33.5 Å². The third kappa shape index (κ3) is 7.36. The van der Waals surface area contributed by atoms with Gasteiger partial charge in [-0.15, -0.1) is 0 Å². The maximum atomic E-state index is 11.6. The Labute approximate surface area is 103 Å². The number of hydrogen-bond acceptors (Lipinski definition) is 4. The number of thioether (sulfide) groups is 1. The van der Waals surface area contributed by atoms with Crippen molar-refractivity contribution in [3.05, 3.63) is 0 Å². The summed E-state index contributed by atoms with van der Waals surface area (Å²) in [7, 11) is -9.34. The molecule has 0 bridgehead atoms. The van der Waals surface area contributed by atoms with Crippen molar-refractivity contribution in [2.45, 2.75) is 25.8 Å². The van der Waals surface area contributed by atoms with Gasteiger partial charge in [0, 0.05) is 5.41 Å². The fourth-order valence-corrected chi connectivity index (χ4v) is 4.93. The second-order valence-electron chi connectivity index (χ2n) is 4.55. The van der Waals surface area contributed by atoms with E-state index in [9.17, 15) is 13.9 Å². The zero-order chi connectivity index (χ0) is 14.1. The van der Waals surface area contributed by atoms with Gasteiger partial charge in [0.25, 0.3) is 0 Å². The molecule has 17 heavy (non-hydrogen) atoms. The molecule has 0 amide bonds. The van der Waals surface area contributed by atoms with Crippen LogP contribution in [-0.2, 0) is 13.9 Å². The van der Waals surface area contributed by atoms with E-state index in [-0.39, 0.29) is 0 Å². The van der Waals surface area contributed by atoms with E-state index in [0.29, 0.717) is 11.8 Å². The van der Waals surface area contributed by atoms with Crippen LogP contribution in [0.5, 0.6) is 0 Å². The Balaban J connectivity index is 4.94. The summed E-state index contributed by atoms with van der Waals surface area (Å²) >= 11 is 0.291. The Bertz CT molecular complexity index is 376. The number of carbonyl (C=O) groups excluding carboxylic acids is 1. The molecule has 0 aliphatic rings. The van der Waals surface area contributed by atoms with E-state index in [1.165, 1.54) is 0 Å². The summed E-state index contributed by atoms with van der Waals surface area (Å²) in [5.41, 5.74) is -0.840. The lowest BCUT2D eigenvalue weighted by Gasteiger charge is -2.22. The molecule has 1 unspecified atom stereocenters. The summed E-state index contributed by atoms with van der Waals surface area (Å²) < 4.78 is 21.8. The zero-order valence-corrected chi connectivity index (χ0v) is 12.2. The van der Waals surface area contributed by atoms with Gasteiger partial charge in [-0.1, -0.05) is 32.5 Å². The first-order valence-electron chi connectivity index (χ1n) is 4.54. The molecule has 0 fully saturated rings. The van der Waals surface area contributed by atoms with E-state index in [1.54, 1.807) is 20.8 Å². The van der Waals surface area contributed by atoms with Gasteiger partial charge in [-0.05, 0) is 0 Å². The first kappa shape index (κ1) is 17.3. The molecule has 0 saturated carbocycles. The normalized spacial score (nSPS) is 15.7. The van der Waals surface area contributed by atoms with Crippen LogP contribution in [0.1, 0.15) is 20.8 Å². The molecule has 0 spiro atoms. The third-order valence-corrected chi connectivity index (χ3v) is 6.34. The van der Waals surface area contributed by atoms with Gasteiger partial charge in [0.2, 0.25) is 0 Å². The van der Waals surface area contributed by atoms with Crippen LogP contribution in [0.4, 0.5) is 0 Å². The van der Waals surface area contributed by atoms with Crippen molar-refractivity contribution >= 4 is 32.1 Å². The van der Waals surface area contributed by atoms with Crippen LogP contribution in [0.25, 0.3) is 0 Å². The fourth-order valence-electron chi connectivity index (χ4n) is 0.716. The largest absolute Gasteiger partial charge is 0.339 e. The van der Waals surface area contributed by atoms with Crippen LogP contribution in [0.15, 0.2) is 0 Å². The van der Waals surface area contributed by atoms with Gasteiger partial charge in [0.1, 0.15) is 4.99 Å². The lowest BCUT2D eigenvalue weighted by molar-refractivity contribution is -0.117. The molecule has 1 atom stereocenters. The summed E-state index contributed by atoms with van der Waals surface area (Å²) in [4.78, 5) is 45.2. The van der Waals surface area contributed by atoms with Crippen LogP contribution in [0, 0.1) is 5.41 Å². The maximum absolute atomic E-state index is 11.6. The second kappa shape index (κ2) is 5.53. The van der Waals surface area contributed by atoms with E-state index in [0.717, 1.165) is 0 Å². The monoisotopic (exact) mass is 306 g/mol. The van der Waals surface area contributed by atoms with Crippen LogP contribution >= 0.6 is 27.0 Å². The van der Waals surface area contributed by atoms with Gasteiger partial charge in [0.15, 0.2) is 5.12 Å². The smallest absolute Gasteiger partial charge is 0.324 e. The molecule has 0 aliphatic carbocycles. The molecule has 4 N–H and O–H groups in total. The maximum Gasteiger partial charge on any atom is 0.339 e. The minimum absolute atomic E-state index is 0.291. The highest BCUT2D eigenvalue weighted by Gasteiger charge is 2.39. The van der Waals surface area contributed by atoms with Crippen LogP contribution in [0.3, 0.4) is 0 Å². The van der Waals surface area contributed by atoms with Gasteiger partial charge >= 0.3 is 15.2 Å². The summed E-state index contributed by atoms with van der Waals surface area (Å²) in [6.45, 7) is 4.66. The van der Waals surface area contributed by atoms with E-state index in [4.69, 9.17) is 19.6 Å². The van der Waals surface area contributed by atoms with Gasteiger partial charge in [-0.2, -0.15) is 0 Å². The van der Waals surface area contributed by atoms with Gasteiger partial charge in [-0.3, -0.25) is 13.9 Å². The summed E-state index contributed by atoms with van der Waals surface area (Å²) in [6, 6.07) is 0. The fraction of sp³-hybridized carbons (Fsp3) is 0.857. The molecule has 7 nitrogen and oxygen atoms in total. The lowest BCUT2D eigenvalue weighted by atomic mass is 10.00. The van der Waals surface area contributed by atoms with E-state index in [1.807, 2.05) is 0 Å². The second-order valence-corrected chi connectivity index (χ2v) is 9.57. The molecule has 0 heterocycles. The molecule has 0 aromatic carbocycles. The molecule has 102 valence electrons. The quantitative estimate of drug-likeness (QED) is 0.565. The number of carbonyl (C=O) groups is 1. The number of hydrogen-bond donors (Lipinski definition) is 4. The molecule has 0 aromatic rings. The van der Waals surface area contributed by atoms with Crippen LogP contribution in [0.2, 0.25) is 0 Å². The zero-order valence-electron chi connectivity index (χ0n) is 9.60. The highest BCUT2D eigenvalue weighted by Crippen LogP contribution is 2.54. The first-order chi connectivity index (χ1) is 7.23. The molecule has 0 aliphatic heterocycles. The molecular weight excluding hydrogens is 290 g/mol. The predicted octanol–water partition coefficient (Wildman–Crippen LogP) is 0.974. The standard InChI is InChI=1S/C7H16O7P2S/c1-7(2,3)6(8)17-5(16(12,13)14)4-15(9,10)11/h5H,4H2,1-3H3,(H2,9,10,11)(H2,12,13,14). The van der Waals surface area contributed by atoms with E-state index in [2.05, 4.69) is 0 Å². The minimum atomic E-state index is -4.75. The third-order valence-electron chi connectivity index (χ3n) is 1.62. The lowest BCUT2D eigenvalue weighted by Crippen LogP contribution is -2.22. The average Bonchev–Trinajstić information content (AvgIpc) is 1.96. The number of rotatable bonds is 4. The van der Waals surface area contributed by atoms with Crippen LogP contribution < -0.4 is 0 Å². The highest BCUT2D eigenvalue weighted by atomic mass is 32.2. The molecule has 10 heteroatoms. The van der Waals surface area contributed by atoms with Crippen molar-refractivity contribution in [1.29, 1.82) is 0 Å². The summed E-state index contributed by atoms with van der Waals surface area (Å²) in [6.07, 6.45) is -1.02. The molecule has 0 aromatic heterocycles. The van der Waals surface area contributed by atoms with Crippen molar-refractivity contribution in [2.24, 2.45) is 5.41 Å². The summed E-state index contributed by atoms with van der Waals surface area (Å²) in [5.74, 6) is 0. The van der Waals surface area contributed by atoms with Crippen molar-refractivity contribution in [3.8, 4) is 0 Å². The van der Waals surface area contributed by atoms with Crippen molar-refractivity contribution in [1.82, 2.24) is 0 Å². The molecule has 0 saturated heterocycles. The Morgan fingerprint density at radius 1 is 1.18 bits per heavy atom.